The Kier molecular flexibility index (Phi) is 4.95. The van der Waals surface area contributed by atoms with Crippen LogP contribution in [0, 0.1) is 0 Å². The molecule has 0 spiro atoms. The van der Waals surface area contributed by atoms with Crippen LogP contribution in [-0.2, 0) is 21.5 Å². The van der Waals surface area contributed by atoms with E-state index in [1.165, 1.54) is 10.9 Å². The minimum Gasteiger partial charge on any atom is -0.369 e. The van der Waals surface area contributed by atoms with E-state index >= 15 is 0 Å². The summed E-state index contributed by atoms with van der Waals surface area (Å²) in [4.78, 5) is 33.5. The van der Waals surface area contributed by atoms with Gasteiger partial charge in [-0.25, -0.2) is 4.98 Å². The molecule has 0 saturated carbocycles. The number of hydrogen-bond donors (Lipinski definition) is 4. The number of imidazole rings is 1. The second-order valence-electron chi connectivity index (χ2n) is 4.80. The number of hydrogen-bond acceptors (Lipinski definition) is 7. The van der Waals surface area contributed by atoms with Gasteiger partial charge in [0.25, 0.3) is 15.7 Å². The van der Waals surface area contributed by atoms with Gasteiger partial charge in [0.1, 0.15) is 0 Å². The van der Waals surface area contributed by atoms with E-state index in [-0.39, 0.29) is 49.0 Å². The topological polar surface area (TPSA) is 173 Å². The summed E-state index contributed by atoms with van der Waals surface area (Å²) in [5, 5.41) is 2.53. The van der Waals surface area contributed by atoms with Crippen LogP contribution >= 0.6 is 0 Å². The van der Waals surface area contributed by atoms with Crippen molar-refractivity contribution in [2.24, 2.45) is 0 Å². The fourth-order valence-electron chi connectivity index (χ4n) is 1.93. The Morgan fingerprint density at radius 1 is 1.48 bits per heavy atom. The van der Waals surface area contributed by atoms with Gasteiger partial charge >= 0.3 is 0 Å². The predicted octanol–water partition coefficient (Wildman–Crippen LogP) is -1.51. The van der Waals surface area contributed by atoms with Gasteiger partial charge in [-0.1, -0.05) is 0 Å². The average Bonchev–Trinajstić information content (AvgIpc) is 2.83. The van der Waals surface area contributed by atoms with Crippen LogP contribution in [0.3, 0.4) is 0 Å². The number of carbonyl (C=O) groups excluding carboxylic acids is 1. The van der Waals surface area contributed by atoms with Crippen molar-refractivity contribution in [2.45, 2.75) is 19.4 Å². The zero-order valence-corrected chi connectivity index (χ0v) is 12.8. The number of H-pyrrole nitrogens is 1. The van der Waals surface area contributed by atoms with E-state index in [9.17, 15) is 18.0 Å². The Morgan fingerprint density at radius 2 is 2.22 bits per heavy atom. The molecule has 5 N–H and O–H groups in total. The zero-order valence-electron chi connectivity index (χ0n) is 12.0. The molecule has 2 rings (SSSR count). The number of rotatable bonds is 7. The molecule has 0 aromatic carbocycles. The monoisotopic (exact) mass is 344 g/mol. The predicted molar refractivity (Wildman–Crippen MR) is 81.2 cm³/mol. The number of nitrogen functional groups attached to an aromatic ring is 1. The number of anilines is 1. The molecule has 0 fully saturated rings. The first kappa shape index (κ1) is 16.9. The third-order valence-electron chi connectivity index (χ3n) is 2.97. The minimum atomic E-state index is -4.02. The van der Waals surface area contributed by atoms with Crippen LogP contribution < -0.4 is 16.6 Å². The number of nitrogens with zero attached hydrogens (tertiary/aromatic N) is 3. The summed E-state index contributed by atoms with van der Waals surface area (Å²) >= 11 is 0. The molecule has 0 saturated heterocycles. The molecule has 0 aliphatic carbocycles. The summed E-state index contributed by atoms with van der Waals surface area (Å²) in [6, 6.07) is 0. The second kappa shape index (κ2) is 6.75. The van der Waals surface area contributed by atoms with E-state index in [0.29, 0.717) is 0 Å². The fourth-order valence-corrected chi connectivity index (χ4v) is 2.44. The van der Waals surface area contributed by atoms with E-state index in [1.54, 1.807) is 0 Å². The first-order valence-corrected chi connectivity index (χ1v) is 8.29. The van der Waals surface area contributed by atoms with Crippen molar-refractivity contribution in [3.8, 4) is 0 Å². The Labute approximate surface area is 130 Å². The summed E-state index contributed by atoms with van der Waals surface area (Å²) in [5.74, 6) is -0.760. The number of aryl methyl sites for hydroxylation is 1. The molecule has 0 bridgehead atoms. The summed E-state index contributed by atoms with van der Waals surface area (Å²) in [7, 11) is -4.02. The molecule has 11 nitrogen and oxygen atoms in total. The number of aromatic amines is 1. The fraction of sp³-hybridized carbons (Fsp3) is 0.455. The van der Waals surface area contributed by atoms with Gasteiger partial charge in [0.15, 0.2) is 11.2 Å². The SMILES string of the molecule is Nc1nc2c(ncn2CCC(=O)NCCCS(=O)(=O)O)c(=O)[nH]1. The summed E-state index contributed by atoms with van der Waals surface area (Å²) in [6.45, 7) is 0.366. The van der Waals surface area contributed by atoms with E-state index in [0.717, 1.165) is 0 Å². The van der Waals surface area contributed by atoms with Crippen molar-refractivity contribution < 1.29 is 17.8 Å². The van der Waals surface area contributed by atoms with Gasteiger partial charge in [0.2, 0.25) is 11.9 Å². The van der Waals surface area contributed by atoms with Crippen LogP contribution in [-0.4, -0.2) is 50.7 Å². The molecule has 1 amide bonds. The van der Waals surface area contributed by atoms with Gasteiger partial charge in [-0.2, -0.15) is 13.4 Å². The molecule has 23 heavy (non-hydrogen) atoms. The highest BCUT2D eigenvalue weighted by atomic mass is 32.2. The van der Waals surface area contributed by atoms with Gasteiger partial charge in [-0.05, 0) is 6.42 Å². The number of aromatic nitrogens is 4. The van der Waals surface area contributed by atoms with Crippen molar-refractivity contribution in [3.63, 3.8) is 0 Å². The van der Waals surface area contributed by atoms with Gasteiger partial charge in [0.05, 0.1) is 12.1 Å². The molecule has 0 aliphatic heterocycles. The molecule has 2 heterocycles. The molecule has 0 unspecified atom stereocenters. The molecular formula is C11H16N6O5S. The van der Waals surface area contributed by atoms with Crippen LogP contribution in [0.25, 0.3) is 11.2 Å². The first-order valence-electron chi connectivity index (χ1n) is 6.69. The van der Waals surface area contributed by atoms with E-state index in [1.807, 2.05) is 0 Å². The van der Waals surface area contributed by atoms with Crippen LogP contribution in [0.15, 0.2) is 11.1 Å². The first-order chi connectivity index (χ1) is 10.8. The van der Waals surface area contributed by atoms with Crippen LogP contribution in [0.2, 0.25) is 0 Å². The van der Waals surface area contributed by atoms with E-state index in [2.05, 4.69) is 20.3 Å². The van der Waals surface area contributed by atoms with Crippen molar-refractivity contribution in [1.29, 1.82) is 0 Å². The lowest BCUT2D eigenvalue weighted by Gasteiger charge is -2.06. The van der Waals surface area contributed by atoms with Crippen LogP contribution in [0.4, 0.5) is 5.95 Å². The largest absolute Gasteiger partial charge is 0.369 e. The molecule has 0 radical (unpaired) electrons. The van der Waals surface area contributed by atoms with Crippen molar-refractivity contribution >= 4 is 33.1 Å². The van der Waals surface area contributed by atoms with Crippen molar-refractivity contribution in [1.82, 2.24) is 24.8 Å². The van der Waals surface area contributed by atoms with Gasteiger partial charge in [-0.15, -0.1) is 0 Å². The normalized spacial score (nSPS) is 11.7. The Hall–Kier alpha value is -2.47. The van der Waals surface area contributed by atoms with Crippen LogP contribution in [0.5, 0.6) is 0 Å². The highest BCUT2D eigenvalue weighted by molar-refractivity contribution is 7.85. The minimum absolute atomic E-state index is 0.0427. The summed E-state index contributed by atoms with van der Waals surface area (Å²) < 4.78 is 31.1. The Bertz CT molecular complexity index is 871. The van der Waals surface area contributed by atoms with Gasteiger partial charge in [0, 0.05) is 19.5 Å². The maximum absolute atomic E-state index is 11.7. The summed E-state index contributed by atoms with van der Waals surface area (Å²) in [6.07, 6.45) is 1.59. The highest BCUT2D eigenvalue weighted by Gasteiger charge is 2.10. The lowest BCUT2D eigenvalue weighted by molar-refractivity contribution is -0.121. The lowest BCUT2D eigenvalue weighted by Crippen LogP contribution is -2.26. The number of carbonyl (C=O) groups is 1. The smallest absolute Gasteiger partial charge is 0.280 e. The molecule has 2 aromatic heterocycles. The Morgan fingerprint density at radius 3 is 2.91 bits per heavy atom. The average molecular weight is 344 g/mol. The standard InChI is InChI=1S/C11H16N6O5S/c12-11-15-9-8(10(19)16-11)14-6-17(9)4-2-7(18)13-3-1-5-23(20,21)22/h6H,1-5H2,(H,13,18)(H,20,21,22)(H3,12,15,16,19). The molecule has 0 aliphatic rings. The number of amides is 1. The molecule has 0 atom stereocenters. The highest BCUT2D eigenvalue weighted by Crippen LogP contribution is 2.06. The zero-order chi connectivity index (χ0) is 17.0. The molecular weight excluding hydrogens is 328 g/mol. The van der Waals surface area contributed by atoms with Crippen molar-refractivity contribution in [3.05, 3.63) is 16.7 Å². The quantitative estimate of drug-likeness (QED) is 0.346. The van der Waals surface area contributed by atoms with Crippen molar-refractivity contribution in [2.75, 3.05) is 18.0 Å². The third kappa shape index (κ3) is 4.75. The Balaban J connectivity index is 1.89. The summed E-state index contributed by atoms with van der Waals surface area (Å²) in [5.41, 5.74) is 5.43. The van der Waals surface area contributed by atoms with Gasteiger partial charge < -0.3 is 15.6 Å². The lowest BCUT2D eigenvalue weighted by atomic mass is 10.3. The maximum Gasteiger partial charge on any atom is 0.280 e. The van der Waals surface area contributed by atoms with E-state index in [4.69, 9.17) is 10.3 Å². The van der Waals surface area contributed by atoms with Crippen LogP contribution in [0.1, 0.15) is 12.8 Å². The molecule has 12 heteroatoms. The number of nitrogens with one attached hydrogen (secondary N) is 2. The molecule has 2 aromatic rings. The van der Waals surface area contributed by atoms with Gasteiger partial charge in [-0.3, -0.25) is 19.1 Å². The third-order valence-corrected chi connectivity index (χ3v) is 3.78. The second-order valence-corrected chi connectivity index (χ2v) is 6.37. The maximum atomic E-state index is 11.7. The number of nitrogens with two attached hydrogens (primary N) is 1. The van der Waals surface area contributed by atoms with E-state index < -0.39 is 21.4 Å². The number of fused-ring (bicyclic) bond motifs is 1. The molecule has 126 valence electrons.